The Morgan fingerprint density at radius 3 is 2.67 bits per heavy atom. The Morgan fingerprint density at radius 2 is 2.11 bits per heavy atom. The maximum absolute atomic E-state index is 3.53. The summed E-state index contributed by atoms with van der Waals surface area (Å²) >= 11 is 0. The van der Waals surface area contributed by atoms with Gasteiger partial charge in [0, 0.05) is 30.7 Å². The van der Waals surface area contributed by atoms with E-state index in [1.807, 2.05) is 0 Å². The van der Waals surface area contributed by atoms with E-state index in [1.54, 1.807) is 5.56 Å². The molecule has 96 valence electrons. The first-order valence-electron chi connectivity index (χ1n) is 7.34. The zero-order valence-electron chi connectivity index (χ0n) is 11.2. The molecule has 1 aliphatic carbocycles. The predicted molar refractivity (Wildman–Crippen MR) is 75.1 cm³/mol. The van der Waals surface area contributed by atoms with Gasteiger partial charge in [0.2, 0.25) is 0 Å². The van der Waals surface area contributed by atoms with Gasteiger partial charge >= 0.3 is 0 Å². The maximum atomic E-state index is 3.53. The lowest BCUT2D eigenvalue weighted by Crippen LogP contribution is -2.20. The van der Waals surface area contributed by atoms with Crippen molar-refractivity contribution in [1.82, 2.24) is 5.32 Å². The predicted octanol–water partition coefficient (Wildman–Crippen LogP) is 2.39. The Labute approximate surface area is 109 Å². The second-order valence-electron chi connectivity index (χ2n) is 6.57. The van der Waals surface area contributed by atoms with Gasteiger partial charge in [-0.1, -0.05) is 19.1 Å². The van der Waals surface area contributed by atoms with Crippen molar-refractivity contribution in [2.75, 3.05) is 31.1 Å². The molecule has 2 nitrogen and oxygen atoms in total. The summed E-state index contributed by atoms with van der Waals surface area (Å²) in [6.07, 6.45) is 2.75. The summed E-state index contributed by atoms with van der Waals surface area (Å²) in [5.74, 6) is 1.77. The summed E-state index contributed by atoms with van der Waals surface area (Å²) in [7, 11) is 0. The molecule has 0 radical (unpaired) electrons. The minimum Gasteiger partial charge on any atom is -0.371 e. The molecule has 1 aromatic carbocycles. The van der Waals surface area contributed by atoms with Crippen molar-refractivity contribution in [1.29, 1.82) is 0 Å². The Kier molecular flexibility index (Phi) is 2.25. The first kappa shape index (κ1) is 10.9. The molecule has 1 unspecified atom stereocenters. The van der Waals surface area contributed by atoms with E-state index in [9.17, 15) is 0 Å². The SMILES string of the molecule is CC1CCN(c2ccc([C@]34CNC[C@H]3C4)cc2)C1. The average molecular weight is 242 g/mol. The van der Waals surface area contributed by atoms with Crippen LogP contribution in [-0.2, 0) is 5.41 Å². The van der Waals surface area contributed by atoms with Crippen molar-refractivity contribution in [3.05, 3.63) is 29.8 Å². The van der Waals surface area contributed by atoms with Crippen molar-refractivity contribution in [3.63, 3.8) is 0 Å². The molecule has 2 heteroatoms. The van der Waals surface area contributed by atoms with E-state index in [-0.39, 0.29) is 0 Å². The normalized spacial score (nSPS) is 37.9. The lowest BCUT2D eigenvalue weighted by Gasteiger charge is -2.20. The van der Waals surface area contributed by atoms with Crippen LogP contribution in [0.15, 0.2) is 24.3 Å². The third kappa shape index (κ3) is 1.51. The number of nitrogens with zero attached hydrogens (tertiary/aromatic N) is 1. The summed E-state index contributed by atoms with van der Waals surface area (Å²) in [5, 5.41) is 3.53. The fraction of sp³-hybridized carbons (Fsp3) is 0.625. The highest BCUT2D eigenvalue weighted by molar-refractivity contribution is 5.51. The van der Waals surface area contributed by atoms with Gasteiger partial charge in [0.05, 0.1) is 0 Å². The maximum Gasteiger partial charge on any atom is 0.0366 e. The van der Waals surface area contributed by atoms with Crippen molar-refractivity contribution in [2.45, 2.75) is 25.2 Å². The number of rotatable bonds is 2. The fourth-order valence-electron chi connectivity index (χ4n) is 3.96. The summed E-state index contributed by atoms with van der Waals surface area (Å²) in [6, 6.07) is 9.45. The third-order valence-corrected chi connectivity index (χ3v) is 5.29. The lowest BCUT2D eigenvalue weighted by atomic mass is 9.95. The molecule has 0 bridgehead atoms. The van der Waals surface area contributed by atoms with Gasteiger partial charge in [0.25, 0.3) is 0 Å². The summed E-state index contributed by atoms with van der Waals surface area (Å²) in [4.78, 5) is 2.53. The zero-order chi connectivity index (χ0) is 12.2. The van der Waals surface area contributed by atoms with Gasteiger partial charge in [-0.05, 0) is 48.9 Å². The number of hydrogen-bond donors (Lipinski definition) is 1. The van der Waals surface area contributed by atoms with Crippen molar-refractivity contribution < 1.29 is 0 Å². The molecule has 2 saturated heterocycles. The van der Waals surface area contributed by atoms with Gasteiger partial charge in [-0.3, -0.25) is 0 Å². The Morgan fingerprint density at radius 1 is 1.28 bits per heavy atom. The van der Waals surface area contributed by atoms with Crippen molar-refractivity contribution in [3.8, 4) is 0 Å². The van der Waals surface area contributed by atoms with Gasteiger partial charge < -0.3 is 10.2 Å². The molecular formula is C16H22N2. The summed E-state index contributed by atoms with van der Waals surface area (Å²) < 4.78 is 0. The monoisotopic (exact) mass is 242 g/mol. The molecule has 0 aromatic heterocycles. The van der Waals surface area contributed by atoms with Gasteiger partial charge in [-0.2, -0.15) is 0 Å². The smallest absolute Gasteiger partial charge is 0.0366 e. The van der Waals surface area contributed by atoms with Crippen LogP contribution in [0.4, 0.5) is 5.69 Å². The minimum atomic E-state index is 0.511. The lowest BCUT2D eigenvalue weighted by molar-refractivity contribution is 0.659. The molecule has 3 fully saturated rings. The van der Waals surface area contributed by atoms with Crippen LogP contribution in [0.3, 0.4) is 0 Å². The van der Waals surface area contributed by atoms with Crippen LogP contribution in [-0.4, -0.2) is 26.2 Å². The zero-order valence-corrected chi connectivity index (χ0v) is 11.2. The highest BCUT2D eigenvalue weighted by Gasteiger charge is 2.57. The Bertz CT molecular complexity index is 453. The molecule has 0 spiro atoms. The number of anilines is 1. The molecule has 1 aromatic rings. The van der Waals surface area contributed by atoms with Crippen LogP contribution in [0.2, 0.25) is 0 Å². The Balaban J connectivity index is 1.55. The van der Waals surface area contributed by atoms with Gasteiger partial charge in [0.1, 0.15) is 0 Å². The fourth-order valence-corrected chi connectivity index (χ4v) is 3.96. The molecule has 1 N–H and O–H groups in total. The molecule has 2 aliphatic heterocycles. The van der Waals surface area contributed by atoms with Crippen LogP contribution >= 0.6 is 0 Å². The molecular weight excluding hydrogens is 220 g/mol. The van der Waals surface area contributed by atoms with E-state index in [2.05, 4.69) is 41.4 Å². The quantitative estimate of drug-likeness (QED) is 0.856. The second kappa shape index (κ2) is 3.74. The molecule has 3 atom stereocenters. The molecule has 18 heavy (non-hydrogen) atoms. The van der Waals surface area contributed by atoms with E-state index in [1.165, 1.54) is 44.7 Å². The molecule has 2 heterocycles. The third-order valence-electron chi connectivity index (χ3n) is 5.29. The van der Waals surface area contributed by atoms with Crippen LogP contribution in [0.5, 0.6) is 0 Å². The van der Waals surface area contributed by atoms with Crippen LogP contribution in [0.25, 0.3) is 0 Å². The van der Waals surface area contributed by atoms with E-state index >= 15 is 0 Å². The average Bonchev–Trinajstić information content (AvgIpc) is 2.75. The molecule has 4 rings (SSSR count). The second-order valence-corrected chi connectivity index (χ2v) is 6.57. The Hall–Kier alpha value is -1.02. The van der Waals surface area contributed by atoms with Gasteiger partial charge in [-0.15, -0.1) is 0 Å². The van der Waals surface area contributed by atoms with Gasteiger partial charge in [-0.25, -0.2) is 0 Å². The topological polar surface area (TPSA) is 15.3 Å². The largest absolute Gasteiger partial charge is 0.371 e. The van der Waals surface area contributed by atoms with Crippen LogP contribution < -0.4 is 10.2 Å². The van der Waals surface area contributed by atoms with E-state index in [4.69, 9.17) is 0 Å². The number of piperidine rings is 1. The molecule has 3 aliphatic rings. The molecule has 0 amide bonds. The standard InChI is InChI=1S/C16H22N2/c1-12-6-7-18(10-12)15-4-2-13(3-5-15)16-8-14(16)9-17-11-16/h2-5,12,14,17H,6-11H2,1H3/t12?,14-,16+/m1/s1. The summed E-state index contributed by atoms with van der Waals surface area (Å²) in [6.45, 7) is 7.24. The first-order valence-corrected chi connectivity index (χ1v) is 7.34. The first-order chi connectivity index (χ1) is 8.78. The van der Waals surface area contributed by atoms with Crippen LogP contribution in [0, 0.1) is 11.8 Å². The summed E-state index contributed by atoms with van der Waals surface area (Å²) in [5.41, 5.74) is 3.49. The number of nitrogens with one attached hydrogen (secondary N) is 1. The highest BCUT2D eigenvalue weighted by Crippen LogP contribution is 2.56. The van der Waals surface area contributed by atoms with Crippen molar-refractivity contribution in [2.24, 2.45) is 11.8 Å². The number of hydrogen-bond acceptors (Lipinski definition) is 2. The van der Waals surface area contributed by atoms with Gasteiger partial charge in [0.15, 0.2) is 0 Å². The van der Waals surface area contributed by atoms with Crippen molar-refractivity contribution >= 4 is 5.69 Å². The highest BCUT2D eigenvalue weighted by atomic mass is 15.1. The number of benzene rings is 1. The molecule has 1 saturated carbocycles. The van der Waals surface area contributed by atoms with E-state index < -0.39 is 0 Å². The van der Waals surface area contributed by atoms with E-state index in [0.29, 0.717) is 5.41 Å². The number of fused-ring (bicyclic) bond motifs is 1. The van der Waals surface area contributed by atoms with E-state index in [0.717, 1.165) is 11.8 Å². The minimum absolute atomic E-state index is 0.511. The van der Waals surface area contributed by atoms with Crippen LogP contribution in [0.1, 0.15) is 25.3 Å².